The lowest BCUT2D eigenvalue weighted by Crippen LogP contribution is -2.21. The first-order valence-corrected chi connectivity index (χ1v) is 7.64. The van der Waals surface area contributed by atoms with Crippen LogP contribution < -0.4 is 15.0 Å². The molecule has 0 unspecified atom stereocenters. The van der Waals surface area contributed by atoms with Crippen LogP contribution in [0, 0.1) is 0 Å². The predicted octanol–water partition coefficient (Wildman–Crippen LogP) is 3.33. The van der Waals surface area contributed by atoms with Gasteiger partial charge < -0.3 is 15.0 Å². The monoisotopic (exact) mass is 300 g/mol. The van der Waals surface area contributed by atoms with Crippen LogP contribution in [0.5, 0.6) is 5.75 Å². The van der Waals surface area contributed by atoms with E-state index in [1.807, 2.05) is 37.4 Å². The third-order valence-corrected chi connectivity index (χ3v) is 3.46. The van der Waals surface area contributed by atoms with Gasteiger partial charge >= 0.3 is 0 Å². The number of aromatic nitrogens is 2. The quantitative estimate of drug-likeness (QED) is 0.810. The molecule has 0 saturated carbocycles. The first kappa shape index (κ1) is 16.1. The molecule has 1 heterocycles. The highest BCUT2D eigenvalue weighted by Crippen LogP contribution is 2.14. The van der Waals surface area contributed by atoms with Crippen molar-refractivity contribution in [1.82, 2.24) is 9.97 Å². The van der Waals surface area contributed by atoms with Crippen molar-refractivity contribution in [1.29, 1.82) is 0 Å². The number of ether oxygens (including phenoxy) is 1. The highest BCUT2D eigenvalue weighted by atomic mass is 16.5. The molecular weight excluding hydrogens is 276 g/mol. The molecule has 0 saturated heterocycles. The van der Waals surface area contributed by atoms with Gasteiger partial charge in [0, 0.05) is 26.3 Å². The lowest BCUT2D eigenvalue weighted by atomic mass is 10.2. The number of unbranched alkanes of at least 4 members (excludes halogenated alkanes) is 1. The van der Waals surface area contributed by atoms with Gasteiger partial charge in [-0.15, -0.1) is 0 Å². The van der Waals surface area contributed by atoms with Gasteiger partial charge in [-0.25, -0.2) is 4.98 Å². The van der Waals surface area contributed by atoms with E-state index in [-0.39, 0.29) is 0 Å². The Hall–Kier alpha value is -2.30. The van der Waals surface area contributed by atoms with Gasteiger partial charge in [0.25, 0.3) is 0 Å². The molecule has 2 rings (SSSR count). The summed E-state index contributed by atoms with van der Waals surface area (Å²) in [6.07, 6.45) is 4.10. The zero-order valence-electron chi connectivity index (χ0n) is 13.5. The van der Waals surface area contributed by atoms with Gasteiger partial charge in [0.05, 0.1) is 7.11 Å². The molecule has 1 aromatic carbocycles. The Bertz CT molecular complexity index is 571. The molecule has 22 heavy (non-hydrogen) atoms. The summed E-state index contributed by atoms with van der Waals surface area (Å²) in [5.74, 6) is 2.46. The molecular formula is C17H24N4O. The summed E-state index contributed by atoms with van der Waals surface area (Å²) >= 11 is 0. The molecule has 2 aromatic rings. The summed E-state index contributed by atoms with van der Waals surface area (Å²) in [6.45, 7) is 3.87. The summed E-state index contributed by atoms with van der Waals surface area (Å²) in [7, 11) is 3.70. The van der Waals surface area contributed by atoms with Crippen LogP contribution in [0.25, 0.3) is 0 Å². The Balaban J connectivity index is 1.94. The average molecular weight is 300 g/mol. The SMILES string of the molecule is CCCCN(C)c1nccc(NCc2ccc(OC)cc2)n1. The minimum atomic E-state index is 0.721. The van der Waals surface area contributed by atoms with Crippen LogP contribution in [-0.2, 0) is 6.54 Å². The van der Waals surface area contributed by atoms with E-state index < -0.39 is 0 Å². The van der Waals surface area contributed by atoms with Crippen molar-refractivity contribution in [2.75, 3.05) is 30.9 Å². The molecule has 0 atom stereocenters. The predicted molar refractivity (Wildman–Crippen MR) is 90.5 cm³/mol. The van der Waals surface area contributed by atoms with Gasteiger partial charge in [-0.05, 0) is 30.2 Å². The molecule has 1 aromatic heterocycles. The summed E-state index contributed by atoms with van der Waals surface area (Å²) < 4.78 is 5.16. The molecule has 0 amide bonds. The summed E-state index contributed by atoms with van der Waals surface area (Å²) in [6, 6.07) is 9.89. The molecule has 0 spiro atoms. The van der Waals surface area contributed by atoms with E-state index in [1.54, 1.807) is 13.3 Å². The Morgan fingerprint density at radius 2 is 1.95 bits per heavy atom. The maximum absolute atomic E-state index is 5.16. The Morgan fingerprint density at radius 1 is 1.18 bits per heavy atom. The fraction of sp³-hybridized carbons (Fsp3) is 0.412. The van der Waals surface area contributed by atoms with Crippen LogP contribution in [0.4, 0.5) is 11.8 Å². The first-order valence-electron chi connectivity index (χ1n) is 7.64. The molecule has 0 bridgehead atoms. The van der Waals surface area contributed by atoms with E-state index in [2.05, 4.69) is 27.1 Å². The molecule has 5 nitrogen and oxygen atoms in total. The maximum atomic E-state index is 5.16. The number of hydrogen-bond donors (Lipinski definition) is 1. The third-order valence-electron chi connectivity index (χ3n) is 3.46. The second kappa shape index (κ2) is 8.22. The molecule has 0 fully saturated rings. The van der Waals surface area contributed by atoms with Gasteiger partial charge in [0.15, 0.2) is 0 Å². The first-order chi connectivity index (χ1) is 10.7. The van der Waals surface area contributed by atoms with Crippen LogP contribution in [0.1, 0.15) is 25.3 Å². The number of rotatable bonds is 8. The van der Waals surface area contributed by atoms with Gasteiger partial charge in [-0.1, -0.05) is 25.5 Å². The number of nitrogens with zero attached hydrogens (tertiary/aromatic N) is 3. The van der Waals surface area contributed by atoms with Crippen LogP contribution in [0.3, 0.4) is 0 Å². The fourth-order valence-electron chi connectivity index (χ4n) is 2.06. The molecule has 5 heteroatoms. The molecule has 0 radical (unpaired) electrons. The van der Waals surface area contributed by atoms with E-state index in [9.17, 15) is 0 Å². The van der Waals surface area contributed by atoms with E-state index >= 15 is 0 Å². The smallest absolute Gasteiger partial charge is 0.226 e. The van der Waals surface area contributed by atoms with E-state index in [4.69, 9.17) is 4.74 Å². The largest absolute Gasteiger partial charge is 0.497 e. The van der Waals surface area contributed by atoms with Crippen molar-refractivity contribution < 1.29 is 4.74 Å². The Morgan fingerprint density at radius 3 is 2.64 bits per heavy atom. The normalized spacial score (nSPS) is 10.3. The third kappa shape index (κ3) is 4.62. The number of methoxy groups -OCH3 is 1. The van der Waals surface area contributed by atoms with Crippen molar-refractivity contribution in [3.8, 4) is 5.75 Å². The second-order valence-electron chi connectivity index (χ2n) is 5.22. The van der Waals surface area contributed by atoms with Crippen molar-refractivity contribution in [3.63, 3.8) is 0 Å². The lowest BCUT2D eigenvalue weighted by molar-refractivity contribution is 0.414. The van der Waals surface area contributed by atoms with Gasteiger partial charge in [0.1, 0.15) is 11.6 Å². The summed E-state index contributed by atoms with van der Waals surface area (Å²) in [5.41, 5.74) is 1.18. The Kier molecular flexibility index (Phi) is 6.01. The molecule has 1 N–H and O–H groups in total. The van der Waals surface area contributed by atoms with E-state index in [1.165, 1.54) is 12.0 Å². The van der Waals surface area contributed by atoms with Crippen LogP contribution in [-0.4, -0.2) is 30.7 Å². The van der Waals surface area contributed by atoms with Crippen molar-refractivity contribution >= 4 is 11.8 Å². The van der Waals surface area contributed by atoms with Crippen molar-refractivity contribution in [2.24, 2.45) is 0 Å². The summed E-state index contributed by atoms with van der Waals surface area (Å²) in [4.78, 5) is 11.0. The molecule has 118 valence electrons. The van der Waals surface area contributed by atoms with Crippen molar-refractivity contribution in [2.45, 2.75) is 26.3 Å². The summed E-state index contributed by atoms with van der Waals surface area (Å²) in [5, 5.41) is 3.33. The Labute approximate surface area is 132 Å². The number of benzene rings is 1. The zero-order valence-corrected chi connectivity index (χ0v) is 13.5. The minimum Gasteiger partial charge on any atom is -0.497 e. The highest BCUT2D eigenvalue weighted by Gasteiger charge is 2.04. The molecule has 0 aliphatic carbocycles. The molecule has 0 aliphatic rings. The average Bonchev–Trinajstić information content (AvgIpc) is 2.58. The van der Waals surface area contributed by atoms with Crippen LogP contribution in [0.2, 0.25) is 0 Å². The number of anilines is 2. The minimum absolute atomic E-state index is 0.721. The maximum Gasteiger partial charge on any atom is 0.226 e. The standard InChI is InChI=1S/C17H24N4O/c1-4-5-12-21(2)17-18-11-10-16(20-17)19-13-14-6-8-15(22-3)9-7-14/h6-11H,4-5,12-13H2,1-3H3,(H,18,19,20). The lowest BCUT2D eigenvalue weighted by Gasteiger charge is -2.17. The highest BCUT2D eigenvalue weighted by molar-refractivity contribution is 5.41. The second-order valence-corrected chi connectivity index (χ2v) is 5.22. The fourth-order valence-corrected chi connectivity index (χ4v) is 2.06. The number of hydrogen-bond acceptors (Lipinski definition) is 5. The van der Waals surface area contributed by atoms with Gasteiger partial charge in [0.2, 0.25) is 5.95 Å². The zero-order chi connectivity index (χ0) is 15.8. The van der Waals surface area contributed by atoms with Crippen LogP contribution in [0.15, 0.2) is 36.5 Å². The van der Waals surface area contributed by atoms with Gasteiger partial charge in [-0.2, -0.15) is 4.98 Å². The number of nitrogens with one attached hydrogen (secondary N) is 1. The van der Waals surface area contributed by atoms with E-state index in [0.29, 0.717) is 0 Å². The van der Waals surface area contributed by atoms with E-state index in [0.717, 1.165) is 37.0 Å². The van der Waals surface area contributed by atoms with Crippen LogP contribution >= 0.6 is 0 Å². The van der Waals surface area contributed by atoms with Gasteiger partial charge in [-0.3, -0.25) is 0 Å². The van der Waals surface area contributed by atoms with Crippen molar-refractivity contribution in [3.05, 3.63) is 42.1 Å². The topological polar surface area (TPSA) is 50.3 Å². The molecule has 0 aliphatic heterocycles.